The van der Waals surface area contributed by atoms with Crippen LogP contribution in [0.5, 0.6) is 0 Å². The van der Waals surface area contributed by atoms with Gasteiger partial charge in [0, 0.05) is 11.6 Å². The van der Waals surface area contributed by atoms with Crippen LogP contribution in [0.2, 0.25) is 5.02 Å². The van der Waals surface area contributed by atoms with Crippen molar-refractivity contribution in [3.05, 3.63) is 63.7 Å². The molecule has 28 heavy (non-hydrogen) atoms. The van der Waals surface area contributed by atoms with E-state index in [4.69, 9.17) is 16.6 Å². The molecule has 2 heterocycles. The Balaban J connectivity index is 1.74. The Kier molecular flexibility index (Phi) is 5.17. The second kappa shape index (κ2) is 7.60. The third kappa shape index (κ3) is 3.66. The Labute approximate surface area is 172 Å². The minimum absolute atomic E-state index is 0.0597. The molecule has 4 rings (SSSR count). The number of H-pyrrole nitrogens is 1. The topological polar surface area (TPSA) is 63.6 Å². The molecule has 0 aliphatic rings. The number of thioether (sulfide) groups is 1. The van der Waals surface area contributed by atoms with E-state index in [9.17, 15) is 4.79 Å². The number of rotatable bonds is 5. The molecule has 0 radical (unpaired) electrons. The summed E-state index contributed by atoms with van der Waals surface area (Å²) in [6.45, 7) is 7.25. The first-order chi connectivity index (χ1) is 13.4. The number of para-hydroxylation sites is 1. The highest BCUT2D eigenvalue weighted by atomic mass is 35.5. The fourth-order valence-corrected chi connectivity index (χ4v) is 4.38. The zero-order valence-electron chi connectivity index (χ0n) is 15.9. The summed E-state index contributed by atoms with van der Waals surface area (Å²) in [5.41, 5.74) is 2.53. The summed E-state index contributed by atoms with van der Waals surface area (Å²) in [6.07, 6.45) is 0. The summed E-state index contributed by atoms with van der Waals surface area (Å²) in [5, 5.41) is 2.11. The van der Waals surface area contributed by atoms with E-state index in [1.807, 2.05) is 43.3 Å². The van der Waals surface area contributed by atoms with Gasteiger partial charge in [0.2, 0.25) is 0 Å². The number of nitrogens with one attached hydrogen (secondary N) is 1. The molecule has 5 nitrogen and oxygen atoms in total. The highest BCUT2D eigenvalue weighted by molar-refractivity contribution is 7.99. The number of imidazole rings is 1. The van der Waals surface area contributed by atoms with Gasteiger partial charge < -0.3 is 9.55 Å². The highest BCUT2D eigenvalue weighted by Crippen LogP contribution is 2.35. The summed E-state index contributed by atoms with van der Waals surface area (Å²) in [5.74, 6) is 1.12. The molecular weight excluding hydrogens is 392 g/mol. The van der Waals surface area contributed by atoms with E-state index < -0.39 is 0 Å². The molecule has 0 saturated heterocycles. The molecule has 0 fully saturated rings. The molecule has 0 unspecified atom stereocenters. The number of benzene rings is 2. The summed E-state index contributed by atoms with van der Waals surface area (Å²) < 4.78 is 2.22. The average Bonchev–Trinajstić information content (AvgIpc) is 2.97. The molecule has 1 atom stereocenters. The van der Waals surface area contributed by atoms with Gasteiger partial charge in [-0.25, -0.2) is 9.97 Å². The van der Waals surface area contributed by atoms with E-state index in [0.29, 0.717) is 27.7 Å². The van der Waals surface area contributed by atoms with Crippen LogP contribution in [0.3, 0.4) is 0 Å². The predicted octanol–water partition coefficient (Wildman–Crippen LogP) is 5.44. The molecule has 0 aliphatic carbocycles. The molecule has 144 valence electrons. The number of aromatic nitrogens is 4. The number of fused-ring (bicyclic) bond motifs is 2. The molecular formula is C21H21ClN4OS. The number of nitrogens with zero attached hydrogens (tertiary/aromatic N) is 3. The third-order valence-electron chi connectivity index (χ3n) is 4.52. The van der Waals surface area contributed by atoms with Gasteiger partial charge in [0.25, 0.3) is 5.56 Å². The van der Waals surface area contributed by atoms with Gasteiger partial charge in [0.15, 0.2) is 5.16 Å². The van der Waals surface area contributed by atoms with Crippen LogP contribution in [0.4, 0.5) is 0 Å². The Morgan fingerprint density at radius 3 is 2.68 bits per heavy atom. The molecule has 4 aromatic rings. The van der Waals surface area contributed by atoms with Gasteiger partial charge in [-0.15, -0.1) is 0 Å². The summed E-state index contributed by atoms with van der Waals surface area (Å²) in [7, 11) is 0. The number of hydrogen-bond acceptors (Lipinski definition) is 4. The minimum atomic E-state index is -0.115. The van der Waals surface area contributed by atoms with Crippen LogP contribution in [-0.4, -0.2) is 19.5 Å². The lowest BCUT2D eigenvalue weighted by Gasteiger charge is -2.14. The maximum atomic E-state index is 12.4. The van der Waals surface area contributed by atoms with Crippen molar-refractivity contribution in [2.45, 2.75) is 37.7 Å². The van der Waals surface area contributed by atoms with Crippen LogP contribution >= 0.6 is 23.4 Å². The maximum absolute atomic E-state index is 12.4. The SMILES string of the molecule is CC(C)Cn1c(S[C@@H](C)c2nc3ccccc3c(=O)[nH]2)nc2cc(Cl)ccc21. The summed E-state index contributed by atoms with van der Waals surface area (Å²) in [6, 6.07) is 13.2. The lowest BCUT2D eigenvalue weighted by molar-refractivity contribution is 0.504. The summed E-state index contributed by atoms with van der Waals surface area (Å²) in [4.78, 5) is 24.8. The van der Waals surface area contributed by atoms with E-state index in [2.05, 4.69) is 28.4 Å². The Bertz CT molecular complexity index is 1210. The highest BCUT2D eigenvalue weighted by Gasteiger charge is 2.18. The monoisotopic (exact) mass is 412 g/mol. The number of aromatic amines is 1. The first kappa shape index (κ1) is 19.0. The molecule has 0 bridgehead atoms. The fourth-order valence-electron chi connectivity index (χ4n) is 3.22. The second-order valence-corrected chi connectivity index (χ2v) is 9.00. The summed E-state index contributed by atoms with van der Waals surface area (Å²) >= 11 is 7.75. The van der Waals surface area contributed by atoms with Crippen LogP contribution in [0, 0.1) is 5.92 Å². The molecule has 2 aromatic carbocycles. The van der Waals surface area contributed by atoms with Crippen molar-refractivity contribution >= 4 is 45.3 Å². The zero-order chi connectivity index (χ0) is 19.8. The van der Waals surface area contributed by atoms with E-state index in [1.54, 1.807) is 17.8 Å². The van der Waals surface area contributed by atoms with Crippen molar-refractivity contribution in [1.29, 1.82) is 0 Å². The third-order valence-corrected chi connectivity index (χ3v) is 5.86. The van der Waals surface area contributed by atoms with E-state index in [-0.39, 0.29) is 10.8 Å². The van der Waals surface area contributed by atoms with Gasteiger partial charge in [-0.2, -0.15) is 0 Å². The van der Waals surface area contributed by atoms with Crippen LogP contribution in [-0.2, 0) is 6.54 Å². The van der Waals surface area contributed by atoms with Gasteiger partial charge in [0.1, 0.15) is 5.82 Å². The Morgan fingerprint density at radius 1 is 1.11 bits per heavy atom. The van der Waals surface area contributed by atoms with Crippen molar-refractivity contribution in [2.24, 2.45) is 5.92 Å². The van der Waals surface area contributed by atoms with Gasteiger partial charge in [-0.05, 0) is 43.2 Å². The Hall–Kier alpha value is -2.31. The van der Waals surface area contributed by atoms with Crippen molar-refractivity contribution in [2.75, 3.05) is 0 Å². The quantitative estimate of drug-likeness (QED) is 0.443. The zero-order valence-corrected chi connectivity index (χ0v) is 17.5. The van der Waals surface area contributed by atoms with Crippen molar-refractivity contribution in [3.63, 3.8) is 0 Å². The van der Waals surface area contributed by atoms with E-state index in [0.717, 1.165) is 22.7 Å². The molecule has 0 amide bonds. The Morgan fingerprint density at radius 2 is 1.89 bits per heavy atom. The lowest BCUT2D eigenvalue weighted by Crippen LogP contribution is -2.13. The standard InChI is InChI=1S/C21H21ClN4OS/c1-12(2)11-26-18-9-8-14(22)10-17(18)24-21(26)28-13(3)19-23-16-7-5-4-6-15(16)20(27)25-19/h4-10,12-13H,11H2,1-3H3,(H,23,25,27)/t13-/m0/s1. The second-order valence-electron chi connectivity index (χ2n) is 7.26. The molecule has 2 aromatic heterocycles. The van der Waals surface area contributed by atoms with E-state index in [1.165, 1.54) is 0 Å². The van der Waals surface area contributed by atoms with Gasteiger partial charge in [-0.3, -0.25) is 4.79 Å². The molecule has 0 spiro atoms. The van der Waals surface area contributed by atoms with Crippen LogP contribution in [0.15, 0.2) is 52.4 Å². The van der Waals surface area contributed by atoms with Gasteiger partial charge >= 0.3 is 0 Å². The largest absolute Gasteiger partial charge is 0.319 e. The van der Waals surface area contributed by atoms with Crippen molar-refractivity contribution < 1.29 is 0 Å². The smallest absolute Gasteiger partial charge is 0.258 e. The minimum Gasteiger partial charge on any atom is -0.319 e. The molecule has 0 saturated carbocycles. The lowest BCUT2D eigenvalue weighted by atomic mass is 10.2. The van der Waals surface area contributed by atoms with Crippen LogP contribution < -0.4 is 5.56 Å². The normalized spacial score (nSPS) is 12.9. The van der Waals surface area contributed by atoms with Crippen LogP contribution in [0.25, 0.3) is 21.9 Å². The maximum Gasteiger partial charge on any atom is 0.258 e. The van der Waals surface area contributed by atoms with Crippen molar-refractivity contribution in [1.82, 2.24) is 19.5 Å². The van der Waals surface area contributed by atoms with Gasteiger partial charge in [-0.1, -0.05) is 49.3 Å². The van der Waals surface area contributed by atoms with Crippen LogP contribution in [0.1, 0.15) is 31.8 Å². The first-order valence-electron chi connectivity index (χ1n) is 9.24. The number of halogens is 1. The molecule has 1 N–H and O–H groups in total. The van der Waals surface area contributed by atoms with E-state index >= 15 is 0 Å². The molecule has 0 aliphatic heterocycles. The van der Waals surface area contributed by atoms with Crippen molar-refractivity contribution in [3.8, 4) is 0 Å². The number of hydrogen-bond donors (Lipinski definition) is 1. The average molecular weight is 413 g/mol. The fraction of sp³-hybridized carbons (Fsp3) is 0.286. The van der Waals surface area contributed by atoms with Gasteiger partial charge in [0.05, 0.1) is 27.2 Å². The molecule has 7 heteroatoms. The first-order valence-corrected chi connectivity index (χ1v) is 10.5. The predicted molar refractivity (Wildman–Crippen MR) is 116 cm³/mol.